The third kappa shape index (κ3) is 5.30. The fourth-order valence-electron chi connectivity index (χ4n) is 1.87. The van der Waals surface area contributed by atoms with Crippen molar-refractivity contribution in [3.8, 4) is 5.75 Å². The van der Waals surface area contributed by atoms with Gasteiger partial charge in [0.2, 0.25) is 5.91 Å². The van der Waals surface area contributed by atoms with Crippen LogP contribution in [0.2, 0.25) is 0 Å². The van der Waals surface area contributed by atoms with Crippen molar-refractivity contribution in [3.63, 3.8) is 0 Å². The SMILES string of the molecule is CCOc1ccc(CNCC(=O)N(CC)CC)cc1. The molecule has 0 saturated heterocycles. The average Bonchev–Trinajstić information content (AvgIpc) is 2.42. The summed E-state index contributed by atoms with van der Waals surface area (Å²) in [7, 11) is 0. The number of hydrogen-bond acceptors (Lipinski definition) is 3. The molecule has 1 N–H and O–H groups in total. The molecule has 106 valence electrons. The summed E-state index contributed by atoms with van der Waals surface area (Å²) in [5.41, 5.74) is 1.15. The lowest BCUT2D eigenvalue weighted by Crippen LogP contribution is -2.37. The van der Waals surface area contributed by atoms with E-state index in [1.54, 1.807) is 0 Å². The van der Waals surface area contributed by atoms with Gasteiger partial charge in [0.15, 0.2) is 0 Å². The van der Waals surface area contributed by atoms with E-state index < -0.39 is 0 Å². The van der Waals surface area contributed by atoms with E-state index in [2.05, 4.69) is 5.32 Å². The molecule has 1 rings (SSSR count). The van der Waals surface area contributed by atoms with Gasteiger partial charge in [0.1, 0.15) is 5.75 Å². The number of benzene rings is 1. The molecule has 4 heteroatoms. The topological polar surface area (TPSA) is 41.6 Å². The van der Waals surface area contributed by atoms with Crippen molar-refractivity contribution in [3.05, 3.63) is 29.8 Å². The van der Waals surface area contributed by atoms with Gasteiger partial charge in [-0.2, -0.15) is 0 Å². The predicted octanol–water partition coefficient (Wildman–Crippen LogP) is 2.04. The van der Waals surface area contributed by atoms with E-state index >= 15 is 0 Å². The van der Waals surface area contributed by atoms with E-state index in [0.717, 1.165) is 24.4 Å². The van der Waals surface area contributed by atoms with Crippen LogP contribution in [0.5, 0.6) is 5.75 Å². The first-order chi connectivity index (χ1) is 9.21. The molecule has 0 unspecified atom stereocenters. The summed E-state index contributed by atoms with van der Waals surface area (Å²) in [4.78, 5) is 13.6. The van der Waals surface area contributed by atoms with Crippen LogP contribution in [-0.4, -0.2) is 37.0 Å². The van der Waals surface area contributed by atoms with Gasteiger partial charge in [-0.05, 0) is 38.5 Å². The van der Waals surface area contributed by atoms with Gasteiger partial charge >= 0.3 is 0 Å². The molecular formula is C15H24N2O2. The molecule has 0 aromatic heterocycles. The monoisotopic (exact) mass is 264 g/mol. The Kier molecular flexibility index (Phi) is 6.97. The van der Waals surface area contributed by atoms with Crippen LogP contribution in [0.15, 0.2) is 24.3 Å². The molecule has 0 aliphatic rings. The molecule has 4 nitrogen and oxygen atoms in total. The molecule has 0 spiro atoms. The second-order valence-electron chi connectivity index (χ2n) is 4.25. The van der Waals surface area contributed by atoms with Crippen molar-refractivity contribution >= 4 is 5.91 Å². The van der Waals surface area contributed by atoms with E-state index in [1.165, 1.54) is 0 Å². The lowest BCUT2D eigenvalue weighted by Gasteiger charge is -2.18. The minimum absolute atomic E-state index is 0.149. The van der Waals surface area contributed by atoms with Gasteiger partial charge < -0.3 is 15.0 Å². The summed E-state index contributed by atoms with van der Waals surface area (Å²) in [6, 6.07) is 7.93. The number of carbonyl (C=O) groups is 1. The minimum atomic E-state index is 0.149. The van der Waals surface area contributed by atoms with E-state index in [4.69, 9.17) is 4.74 Å². The van der Waals surface area contributed by atoms with Crippen molar-refractivity contribution in [1.29, 1.82) is 0 Å². The smallest absolute Gasteiger partial charge is 0.236 e. The molecule has 0 aliphatic heterocycles. The van der Waals surface area contributed by atoms with Crippen LogP contribution in [-0.2, 0) is 11.3 Å². The highest BCUT2D eigenvalue weighted by atomic mass is 16.5. The number of rotatable bonds is 8. The molecule has 0 saturated carbocycles. The van der Waals surface area contributed by atoms with Crippen LogP contribution >= 0.6 is 0 Å². The fourth-order valence-corrected chi connectivity index (χ4v) is 1.87. The van der Waals surface area contributed by atoms with Gasteiger partial charge in [0.25, 0.3) is 0 Å². The summed E-state index contributed by atoms with van der Waals surface area (Å²) in [5.74, 6) is 1.03. The number of likely N-dealkylation sites (N-methyl/N-ethyl adjacent to an activating group) is 1. The number of nitrogens with zero attached hydrogens (tertiary/aromatic N) is 1. The number of amides is 1. The van der Waals surface area contributed by atoms with Gasteiger partial charge in [0.05, 0.1) is 13.2 Å². The van der Waals surface area contributed by atoms with Gasteiger partial charge in [0, 0.05) is 19.6 Å². The number of ether oxygens (including phenoxy) is 1. The Balaban J connectivity index is 2.34. The highest BCUT2D eigenvalue weighted by molar-refractivity contribution is 5.78. The summed E-state index contributed by atoms with van der Waals surface area (Å²) >= 11 is 0. The van der Waals surface area contributed by atoms with Crippen molar-refractivity contribution < 1.29 is 9.53 Å². The summed E-state index contributed by atoms with van der Waals surface area (Å²) in [6.07, 6.45) is 0. The molecule has 1 aromatic carbocycles. The Morgan fingerprint density at radius 2 is 1.79 bits per heavy atom. The second-order valence-corrected chi connectivity index (χ2v) is 4.25. The average molecular weight is 264 g/mol. The van der Waals surface area contributed by atoms with Gasteiger partial charge in [-0.25, -0.2) is 0 Å². The lowest BCUT2D eigenvalue weighted by atomic mass is 10.2. The van der Waals surface area contributed by atoms with Crippen LogP contribution in [0.25, 0.3) is 0 Å². The molecule has 0 radical (unpaired) electrons. The Morgan fingerprint density at radius 1 is 1.16 bits per heavy atom. The lowest BCUT2D eigenvalue weighted by molar-refractivity contribution is -0.129. The first kappa shape index (κ1) is 15.5. The van der Waals surface area contributed by atoms with Gasteiger partial charge in [-0.3, -0.25) is 4.79 Å². The van der Waals surface area contributed by atoms with Crippen LogP contribution in [0, 0.1) is 0 Å². The molecule has 0 heterocycles. The zero-order valence-corrected chi connectivity index (χ0v) is 12.1. The fraction of sp³-hybridized carbons (Fsp3) is 0.533. The summed E-state index contributed by atoms with van der Waals surface area (Å²) in [6.45, 7) is 9.24. The first-order valence-electron chi connectivity index (χ1n) is 6.91. The Bertz CT molecular complexity index is 372. The number of nitrogens with one attached hydrogen (secondary N) is 1. The first-order valence-corrected chi connectivity index (χ1v) is 6.91. The largest absolute Gasteiger partial charge is 0.494 e. The quantitative estimate of drug-likeness (QED) is 0.781. The molecule has 19 heavy (non-hydrogen) atoms. The molecule has 0 atom stereocenters. The van der Waals surface area contributed by atoms with Crippen LogP contribution < -0.4 is 10.1 Å². The summed E-state index contributed by atoms with van der Waals surface area (Å²) in [5, 5.41) is 3.17. The Labute approximate surface area is 115 Å². The maximum Gasteiger partial charge on any atom is 0.236 e. The van der Waals surface area contributed by atoms with Crippen molar-refractivity contribution in [1.82, 2.24) is 10.2 Å². The Hall–Kier alpha value is -1.55. The summed E-state index contributed by atoms with van der Waals surface area (Å²) < 4.78 is 5.38. The third-order valence-electron chi connectivity index (χ3n) is 2.96. The maximum absolute atomic E-state index is 11.8. The standard InChI is InChI=1S/C15H24N2O2/c1-4-17(5-2)15(18)12-16-11-13-7-9-14(10-8-13)19-6-3/h7-10,16H,4-6,11-12H2,1-3H3. The van der Waals surface area contributed by atoms with E-state index in [0.29, 0.717) is 19.7 Å². The van der Waals surface area contributed by atoms with Crippen LogP contribution in [0.1, 0.15) is 26.3 Å². The highest BCUT2D eigenvalue weighted by Crippen LogP contribution is 2.11. The molecule has 1 aromatic rings. The highest BCUT2D eigenvalue weighted by Gasteiger charge is 2.08. The molecule has 1 amide bonds. The number of hydrogen-bond donors (Lipinski definition) is 1. The van der Waals surface area contributed by atoms with E-state index in [9.17, 15) is 4.79 Å². The molecule has 0 bridgehead atoms. The van der Waals surface area contributed by atoms with Crippen LogP contribution in [0.3, 0.4) is 0 Å². The van der Waals surface area contributed by atoms with Crippen molar-refractivity contribution in [2.75, 3.05) is 26.2 Å². The minimum Gasteiger partial charge on any atom is -0.494 e. The Morgan fingerprint density at radius 3 is 2.32 bits per heavy atom. The molecule has 0 fully saturated rings. The van der Waals surface area contributed by atoms with Crippen molar-refractivity contribution in [2.45, 2.75) is 27.3 Å². The van der Waals surface area contributed by atoms with Gasteiger partial charge in [-0.1, -0.05) is 12.1 Å². The van der Waals surface area contributed by atoms with E-state index in [1.807, 2.05) is 49.9 Å². The van der Waals surface area contributed by atoms with Crippen LogP contribution in [0.4, 0.5) is 0 Å². The number of carbonyl (C=O) groups excluding carboxylic acids is 1. The zero-order valence-electron chi connectivity index (χ0n) is 12.1. The normalized spacial score (nSPS) is 10.3. The third-order valence-corrected chi connectivity index (χ3v) is 2.96. The van der Waals surface area contributed by atoms with E-state index in [-0.39, 0.29) is 5.91 Å². The second kappa shape index (κ2) is 8.53. The molecule has 0 aliphatic carbocycles. The molecular weight excluding hydrogens is 240 g/mol. The maximum atomic E-state index is 11.8. The predicted molar refractivity (Wildman–Crippen MR) is 77.2 cm³/mol. The van der Waals surface area contributed by atoms with Gasteiger partial charge in [-0.15, -0.1) is 0 Å². The van der Waals surface area contributed by atoms with Crippen molar-refractivity contribution in [2.24, 2.45) is 0 Å². The zero-order chi connectivity index (χ0) is 14.1.